The molecule has 0 aliphatic heterocycles. The predicted octanol–water partition coefficient (Wildman–Crippen LogP) is 5.25. The van der Waals surface area contributed by atoms with Gasteiger partial charge in [0.15, 0.2) is 6.17 Å². The van der Waals surface area contributed by atoms with Gasteiger partial charge in [0.2, 0.25) is 0 Å². The van der Waals surface area contributed by atoms with Crippen LogP contribution in [-0.2, 0) is 4.74 Å². The highest BCUT2D eigenvalue weighted by Gasteiger charge is 2.41. The number of hydrogen-bond donors (Lipinski definition) is 0. The molecule has 0 heterocycles. The molecular weight excluding hydrogens is 329 g/mol. The normalized spacial score (nSPS) is 30.6. The van der Waals surface area contributed by atoms with E-state index >= 15 is 0 Å². The van der Waals surface area contributed by atoms with Crippen LogP contribution >= 0.6 is 0 Å². The van der Waals surface area contributed by atoms with Crippen molar-refractivity contribution >= 4 is 5.97 Å². The molecule has 4 heteroatoms. The Morgan fingerprint density at radius 1 is 1.23 bits per heavy atom. The van der Waals surface area contributed by atoms with Gasteiger partial charge in [-0.2, -0.15) is 5.26 Å². The summed E-state index contributed by atoms with van der Waals surface area (Å²) in [5.41, 5.74) is -0.320. The minimum atomic E-state index is -1.89. The van der Waals surface area contributed by atoms with Crippen LogP contribution in [-0.4, -0.2) is 17.7 Å². The molecule has 0 aromatic heterocycles. The Labute approximate surface area is 154 Å². The zero-order valence-electron chi connectivity index (χ0n) is 15.0. The van der Waals surface area contributed by atoms with Crippen molar-refractivity contribution in [2.24, 2.45) is 5.92 Å². The molecule has 136 valence electrons. The summed E-state index contributed by atoms with van der Waals surface area (Å²) < 4.78 is 19.3. The van der Waals surface area contributed by atoms with Crippen LogP contribution in [0.1, 0.15) is 60.9 Å². The number of esters is 1. The number of alkyl halides is 1. The topological polar surface area (TPSA) is 50.1 Å². The van der Waals surface area contributed by atoms with E-state index < -0.39 is 17.7 Å². The molecule has 1 aromatic rings. The van der Waals surface area contributed by atoms with E-state index in [2.05, 4.69) is 6.92 Å². The van der Waals surface area contributed by atoms with Crippen molar-refractivity contribution in [1.82, 2.24) is 0 Å². The lowest BCUT2D eigenvalue weighted by Gasteiger charge is -2.28. The average molecular weight is 353 g/mol. The highest BCUT2D eigenvalue weighted by molar-refractivity contribution is 5.90. The number of nitrogens with zero attached hydrogens (tertiary/aromatic N) is 1. The van der Waals surface area contributed by atoms with E-state index in [9.17, 15) is 14.4 Å². The molecule has 0 bridgehead atoms. The maximum atomic E-state index is 14.1. The Balaban J connectivity index is 1.67. The van der Waals surface area contributed by atoms with E-state index in [1.807, 2.05) is 12.1 Å². The number of allylic oxidation sites excluding steroid dienone is 2. The first-order chi connectivity index (χ1) is 12.6. The van der Waals surface area contributed by atoms with E-state index in [1.165, 1.54) is 62.0 Å². The Morgan fingerprint density at radius 3 is 2.50 bits per heavy atom. The van der Waals surface area contributed by atoms with Gasteiger partial charge in [-0.05, 0) is 67.4 Å². The maximum absolute atomic E-state index is 14.1. The first-order valence-corrected chi connectivity index (χ1v) is 9.32. The maximum Gasteiger partial charge on any atom is 0.340 e. The van der Waals surface area contributed by atoms with Gasteiger partial charge in [-0.3, -0.25) is 0 Å². The monoisotopic (exact) mass is 353 g/mol. The number of rotatable bonds is 4. The van der Waals surface area contributed by atoms with Gasteiger partial charge in [0.1, 0.15) is 6.07 Å². The Bertz CT molecular complexity index is 738. The second kappa shape index (κ2) is 7.86. The smallest absolute Gasteiger partial charge is 0.340 e. The van der Waals surface area contributed by atoms with Gasteiger partial charge in [-0.1, -0.05) is 37.6 Å². The Hall–Kier alpha value is -2.41. The molecule has 26 heavy (non-hydrogen) atoms. The highest BCUT2D eigenvalue weighted by atomic mass is 19.1. The predicted molar refractivity (Wildman–Crippen MR) is 98.4 cm³/mol. The van der Waals surface area contributed by atoms with Crippen LogP contribution in [0, 0.1) is 17.2 Å². The first-order valence-electron chi connectivity index (χ1n) is 9.32. The quantitative estimate of drug-likeness (QED) is 0.694. The summed E-state index contributed by atoms with van der Waals surface area (Å²) in [5, 5.41) is 9.31. The van der Waals surface area contributed by atoms with Crippen LogP contribution in [0.15, 0.2) is 48.6 Å². The van der Waals surface area contributed by atoms with Gasteiger partial charge >= 0.3 is 5.97 Å². The molecule has 1 fully saturated rings. The summed E-state index contributed by atoms with van der Waals surface area (Å²) in [6.07, 6.45) is 9.97. The number of carbonyl (C=O) groups excluding carboxylic acids is 1. The molecule has 0 amide bonds. The third kappa shape index (κ3) is 3.72. The van der Waals surface area contributed by atoms with Crippen molar-refractivity contribution in [1.29, 1.82) is 5.26 Å². The van der Waals surface area contributed by atoms with Gasteiger partial charge in [0.05, 0.1) is 5.56 Å². The van der Waals surface area contributed by atoms with Crippen molar-refractivity contribution in [3.63, 3.8) is 0 Å². The van der Waals surface area contributed by atoms with E-state index in [1.54, 1.807) is 18.2 Å². The summed E-state index contributed by atoms with van der Waals surface area (Å²) in [4.78, 5) is 12.4. The van der Waals surface area contributed by atoms with Gasteiger partial charge < -0.3 is 4.74 Å². The van der Waals surface area contributed by atoms with Gasteiger partial charge in [-0.15, -0.1) is 0 Å². The van der Waals surface area contributed by atoms with Crippen LogP contribution in [0.3, 0.4) is 0 Å². The van der Waals surface area contributed by atoms with Crippen molar-refractivity contribution in [3.8, 4) is 6.07 Å². The fourth-order valence-electron chi connectivity index (χ4n) is 3.81. The number of hydrogen-bond acceptors (Lipinski definition) is 3. The molecule has 1 aromatic carbocycles. The minimum Gasteiger partial charge on any atom is -0.433 e. The fraction of sp³-hybridized carbons (Fsp3) is 0.455. The summed E-state index contributed by atoms with van der Waals surface area (Å²) in [6.45, 7) is 2.25. The molecule has 0 spiro atoms. The summed E-state index contributed by atoms with van der Waals surface area (Å²) in [5.74, 6) is 0.694. The fourth-order valence-corrected chi connectivity index (χ4v) is 3.81. The molecule has 0 saturated heterocycles. The molecule has 3 nitrogen and oxygen atoms in total. The zero-order valence-corrected chi connectivity index (χ0v) is 15.0. The number of carbonyl (C=O) groups is 1. The standard InChI is InChI=1S/C22H24FNO2/c1-2-16-6-8-17(9-7-16)18-10-12-19(13-11-18)21(25)26-22(15-24)14-4-3-5-20(22)23/h3-5,10-14,16-17,20H,2,6-9H2,1H3. The molecule has 2 atom stereocenters. The molecule has 1 saturated carbocycles. The molecule has 3 rings (SSSR count). The zero-order chi connectivity index (χ0) is 18.6. The van der Waals surface area contributed by atoms with Crippen LogP contribution in [0.5, 0.6) is 0 Å². The lowest BCUT2D eigenvalue weighted by molar-refractivity contribution is 0.00294. The van der Waals surface area contributed by atoms with Crippen LogP contribution in [0.2, 0.25) is 0 Å². The first kappa shape index (κ1) is 18.4. The highest BCUT2D eigenvalue weighted by Crippen LogP contribution is 2.37. The lowest BCUT2D eigenvalue weighted by Crippen LogP contribution is -2.41. The van der Waals surface area contributed by atoms with Gasteiger partial charge in [0, 0.05) is 0 Å². The van der Waals surface area contributed by atoms with Crippen molar-refractivity contribution in [2.75, 3.05) is 0 Å². The van der Waals surface area contributed by atoms with Gasteiger partial charge in [0.25, 0.3) is 5.60 Å². The lowest BCUT2D eigenvalue weighted by atomic mass is 9.78. The number of nitriles is 1. The van der Waals surface area contributed by atoms with Crippen molar-refractivity contribution in [2.45, 2.75) is 56.7 Å². The number of halogens is 1. The van der Waals surface area contributed by atoms with E-state index in [4.69, 9.17) is 4.74 Å². The summed E-state index contributed by atoms with van der Waals surface area (Å²) in [7, 11) is 0. The third-order valence-corrected chi connectivity index (χ3v) is 5.62. The molecule has 0 N–H and O–H groups in total. The second-order valence-electron chi connectivity index (χ2n) is 7.19. The van der Waals surface area contributed by atoms with E-state index in [0.717, 1.165) is 5.92 Å². The Morgan fingerprint density at radius 2 is 1.92 bits per heavy atom. The minimum absolute atomic E-state index is 0.334. The largest absolute Gasteiger partial charge is 0.433 e. The van der Waals surface area contributed by atoms with Crippen molar-refractivity contribution in [3.05, 3.63) is 59.7 Å². The molecule has 2 unspecified atom stereocenters. The van der Waals surface area contributed by atoms with E-state index in [-0.39, 0.29) is 0 Å². The van der Waals surface area contributed by atoms with Crippen LogP contribution in [0.4, 0.5) is 4.39 Å². The van der Waals surface area contributed by atoms with Crippen LogP contribution in [0.25, 0.3) is 0 Å². The SMILES string of the molecule is CCC1CCC(c2ccc(C(=O)OC3(C#N)C=CC=CC3F)cc2)CC1. The number of benzene rings is 1. The molecule has 2 aliphatic rings. The molecule has 0 radical (unpaired) electrons. The van der Waals surface area contributed by atoms with Crippen LogP contribution < -0.4 is 0 Å². The molecular formula is C22H24FNO2. The Kier molecular flexibility index (Phi) is 5.56. The third-order valence-electron chi connectivity index (χ3n) is 5.62. The van der Waals surface area contributed by atoms with Gasteiger partial charge in [-0.25, -0.2) is 9.18 Å². The molecule has 2 aliphatic carbocycles. The van der Waals surface area contributed by atoms with Crippen molar-refractivity contribution < 1.29 is 13.9 Å². The number of ether oxygens (including phenoxy) is 1. The average Bonchev–Trinajstić information content (AvgIpc) is 2.70. The summed E-state index contributed by atoms with van der Waals surface area (Å²) in [6, 6.07) is 9.12. The summed E-state index contributed by atoms with van der Waals surface area (Å²) >= 11 is 0. The van der Waals surface area contributed by atoms with E-state index in [0.29, 0.717) is 11.5 Å². The second-order valence-corrected chi connectivity index (χ2v) is 7.19.